The number of unbranched alkanes of at least 4 members (excludes halogenated alkanes) is 1. The summed E-state index contributed by atoms with van der Waals surface area (Å²) in [6, 6.07) is 2.63. The predicted molar refractivity (Wildman–Crippen MR) is 78.1 cm³/mol. The van der Waals surface area contributed by atoms with Crippen molar-refractivity contribution in [3.8, 4) is 5.75 Å². The zero-order chi connectivity index (χ0) is 16.7. The van der Waals surface area contributed by atoms with Crippen LogP contribution in [0.1, 0.15) is 36.5 Å². The molecular formula is C14H18N2O6. The molecule has 0 aromatic heterocycles. The molecule has 1 aromatic rings. The van der Waals surface area contributed by atoms with Gasteiger partial charge in [-0.25, -0.2) is 4.79 Å². The van der Waals surface area contributed by atoms with Gasteiger partial charge in [-0.3, -0.25) is 14.9 Å². The summed E-state index contributed by atoms with van der Waals surface area (Å²) in [5.74, 6) is -1.79. The van der Waals surface area contributed by atoms with E-state index < -0.39 is 22.8 Å². The van der Waals surface area contributed by atoms with Crippen LogP contribution in [0, 0.1) is 10.1 Å². The number of carbonyl (C=O) groups excluding carboxylic acids is 1. The number of nitrogens with one attached hydrogen (secondary N) is 1. The van der Waals surface area contributed by atoms with Gasteiger partial charge in [-0.1, -0.05) is 19.8 Å². The highest BCUT2D eigenvalue weighted by atomic mass is 16.6. The summed E-state index contributed by atoms with van der Waals surface area (Å²) in [6.07, 6.45) is 1.80. The molecule has 1 atom stereocenters. The molecule has 1 rings (SSSR count). The van der Waals surface area contributed by atoms with Gasteiger partial charge in [-0.05, 0) is 12.5 Å². The standard InChI is InChI=1S/C14H18N2O6/c1-3-4-5-10(14(18)19)15-13(17)9-6-7-11(16(20)21)12(8-9)22-2/h6-8,10H,3-5H2,1-2H3,(H,15,17)(H,18,19)/t10-/m0/s1. The fraction of sp³-hybridized carbons (Fsp3) is 0.429. The Bertz CT molecular complexity index is 572. The molecule has 0 radical (unpaired) electrons. The Labute approximate surface area is 127 Å². The number of rotatable bonds is 8. The van der Waals surface area contributed by atoms with E-state index in [2.05, 4.69) is 5.32 Å². The number of carboxylic acid groups (broad SMARTS) is 1. The first kappa shape index (κ1) is 17.4. The summed E-state index contributed by atoms with van der Waals surface area (Å²) >= 11 is 0. The highest BCUT2D eigenvalue weighted by Crippen LogP contribution is 2.27. The molecule has 0 bridgehead atoms. The number of hydrogen-bond acceptors (Lipinski definition) is 5. The van der Waals surface area contributed by atoms with Gasteiger partial charge >= 0.3 is 11.7 Å². The molecule has 2 N–H and O–H groups in total. The quantitative estimate of drug-likeness (QED) is 0.559. The first-order valence-corrected chi connectivity index (χ1v) is 6.76. The number of hydrogen-bond donors (Lipinski definition) is 2. The van der Waals surface area contributed by atoms with Crippen LogP contribution in [0.15, 0.2) is 18.2 Å². The van der Waals surface area contributed by atoms with E-state index in [-0.39, 0.29) is 17.0 Å². The highest BCUT2D eigenvalue weighted by Gasteiger charge is 2.22. The third-order valence-electron chi connectivity index (χ3n) is 3.09. The minimum absolute atomic E-state index is 0.0573. The fourth-order valence-electron chi connectivity index (χ4n) is 1.88. The van der Waals surface area contributed by atoms with Crippen LogP contribution in [-0.2, 0) is 4.79 Å². The third-order valence-corrected chi connectivity index (χ3v) is 3.09. The van der Waals surface area contributed by atoms with Crippen LogP contribution in [-0.4, -0.2) is 35.1 Å². The molecule has 8 nitrogen and oxygen atoms in total. The first-order chi connectivity index (χ1) is 10.4. The Morgan fingerprint density at radius 1 is 1.45 bits per heavy atom. The molecule has 0 saturated carbocycles. The van der Waals surface area contributed by atoms with Gasteiger partial charge in [0.05, 0.1) is 12.0 Å². The number of methoxy groups -OCH3 is 1. The predicted octanol–water partition coefficient (Wildman–Crippen LogP) is 1.98. The number of nitro groups is 1. The molecule has 1 amide bonds. The van der Waals surface area contributed by atoms with Gasteiger partial charge in [-0.15, -0.1) is 0 Å². The molecule has 22 heavy (non-hydrogen) atoms. The highest BCUT2D eigenvalue weighted by molar-refractivity contribution is 5.97. The van der Waals surface area contributed by atoms with Crippen molar-refractivity contribution < 1.29 is 24.4 Å². The smallest absolute Gasteiger partial charge is 0.326 e. The fourth-order valence-corrected chi connectivity index (χ4v) is 1.88. The molecule has 0 aliphatic carbocycles. The summed E-state index contributed by atoms with van der Waals surface area (Å²) in [7, 11) is 1.26. The summed E-state index contributed by atoms with van der Waals surface area (Å²) in [5, 5.41) is 22.3. The molecule has 1 aromatic carbocycles. The van der Waals surface area contributed by atoms with Crippen LogP contribution in [0.5, 0.6) is 5.75 Å². The van der Waals surface area contributed by atoms with E-state index in [9.17, 15) is 19.7 Å². The Balaban J connectivity index is 2.92. The normalized spacial score (nSPS) is 11.5. The van der Waals surface area contributed by atoms with E-state index in [4.69, 9.17) is 9.84 Å². The Morgan fingerprint density at radius 3 is 2.64 bits per heavy atom. The van der Waals surface area contributed by atoms with Crippen molar-refractivity contribution >= 4 is 17.6 Å². The lowest BCUT2D eigenvalue weighted by atomic mass is 10.1. The van der Waals surface area contributed by atoms with E-state index in [1.807, 2.05) is 6.92 Å². The zero-order valence-corrected chi connectivity index (χ0v) is 12.4. The largest absolute Gasteiger partial charge is 0.490 e. The minimum atomic E-state index is -1.12. The van der Waals surface area contributed by atoms with Gasteiger partial charge in [-0.2, -0.15) is 0 Å². The molecule has 0 unspecified atom stereocenters. The average molecular weight is 310 g/mol. The zero-order valence-electron chi connectivity index (χ0n) is 12.4. The van der Waals surface area contributed by atoms with Crippen LogP contribution in [0.4, 0.5) is 5.69 Å². The van der Waals surface area contributed by atoms with Gasteiger partial charge in [0, 0.05) is 17.7 Å². The van der Waals surface area contributed by atoms with Crippen LogP contribution in [0.25, 0.3) is 0 Å². The van der Waals surface area contributed by atoms with Crippen molar-refractivity contribution in [1.82, 2.24) is 5.32 Å². The maximum absolute atomic E-state index is 12.1. The Hall–Kier alpha value is -2.64. The number of ether oxygens (including phenoxy) is 1. The van der Waals surface area contributed by atoms with Gasteiger partial charge in [0.15, 0.2) is 5.75 Å². The second kappa shape index (κ2) is 7.96. The van der Waals surface area contributed by atoms with E-state index in [0.717, 1.165) is 12.5 Å². The van der Waals surface area contributed by atoms with E-state index in [0.29, 0.717) is 12.8 Å². The third kappa shape index (κ3) is 4.44. The number of amides is 1. The molecule has 0 saturated heterocycles. The number of carbonyl (C=O) groups is 2. The number of aliphatic carboxylic acids is 1. The van der Waals surface area contributed by atoms with Crippen LogP contribution in [0.2, 0.25) is 0 Å². The lowest BCUT2D eigenvalue weighted by Crippen LogP contribution is -2.40. The van der Waals surface area contributed by atoms with Crippen molar-refractivity contribution in [2.24, 2.45) is 0 Å². The molecule has 0 fully saturated rings. The lowest BCUT2D eigenvalue weighted by molar-refractivity contribution is -0.385. The Morgan fingerprint density at radius 2 is 2.14 bits per heavy atom. The number of benzene rings is 1. The van der Waals surface area contributed by atoms with Crippen LogP contribution < -0.4 is 10.1 Å². The topological polar surface area (TPSA) is 119 Å². The van der Waals surface area contributed by atoms with E-state index >= 15 is 0 Å². The van der Waals surface area contributed by atoms with Gasteiger partial charge < -0.3 is 15.2 Å². The minimum Gasteiger partial charge on any atom is -0.490 e. The van der Waals surface area contributed by atoms with E-state index in [1.54, 1.807) is 0 Å². The summed E-state index contributed by atoms with van der Waals surface area (Å²) < 4.78 is 4.88. The second-order valence-corrected chi connectivity index (χ2v) is 4.65. The van der Waals surface area contributed by atoms with Gasteiger partial charge in [0.25, 0.3) is 5.91 Å². The molecule has 0 aliphatic rings. The van der Waals surface area contributed by atoms with Crippen molar-refractivity contribution in [3.05, 3.63) is 33.9 Å². The summed E-state index contributed by atoms with van der Waals surface area (Å²) in [4.78, 5) is 33.4. The first-order valence-electron chi connectivity index (χ1n) is 6.76. The average Bonchev–Trinajstić information content (AvgIpc) is 2.49. The number of nitro benzene ring substituents is 1. The van der Waals surface area contributed by atoms with Crippen molar-refractivity contribution in [1.29, 1.82) is 0 Å². The molecule has 0 heterocycles. The summed E-state index contributed by atoms with van der Waals surface area (Å²) in [5.41, 5.74) is -0.162. The van der Waals surface area contributed by atoms with Crippen molar-refractivity contribution in [2.75, 3.05) is 7.11 Å². The number of carboxylic acids is 1. The van der Waals surface area contributed by atoms with Crippen LogP contribution >= 0.6 is 0 Å². The molecule has 8 heteroatoms. The number of nitrogens with zero attached hydrogens (tertiary/aromatic N) is 1. The molecular weight excluding hydrogens is 292 g/mol. The maximum atomic E-state index is 12.1. The maximum Gasteiger partial charge on any atom is 0.326 e. The van der Waals surface area contributed by atoms with Crippen LogP contribution in [0.3, 0.4) is 0 Å². The van der Waals surface area contributed by atoms with Gasteiger partial charge in [0.1, 0.15) is 6.04 Å². The van der Waals surface area contributed by atoms with Gasteiger partial charge in [0.2, 0.25) is 0 Å². The Kier molecular flexibility index (Phi) is 6.30. The SMILES string of the molecule is CCCC[C@H](NC(=O)c1ccc([N+](=O)[O-])c(OC)c1)C(=O)O. The molecule has 0 aliphatic heterocycles. The molecule has 0 spiro atoms. The summed E-state index contributed by atoms with van der Waals surface area (Å²) in [6.45, 7) is 1.92. The monoisotopic (exact) mass is 310 g/mol. The van der Waals surface area contributed by atoms with Crippen molar-refractivity contribution in [2.45, 2.75) is 32.2 Å². The van der Waals surface area contributed by atoms with E-state index in [1.165, 1.54) is 19.2 Å². The second-order valence-electron chi connectivity index (χ2n) is 4.65. The van der Waals surface area contributed by atoms with Crippen molar-refractivity contribution in [3.63, 3.8) is 0 Å². The molecule has 120 valence electrons. The lowest BCUT2D eigenvalue weighted by Gasteiger charge is -2.14.